The van der Waals surface area contributed by atoms with Crippen LogP contribution in [0.2, 0.25) is 0 Å². The Balaban J connectivity index is 0.00000312. The van der Waals surface area contributed by atoms with Crippen LogP contribution in [0.25, 0.3) is 0 Å². The third-order valence-corrected chi connectivity index (χ3v) is 4.07. The van der Waals surface area contributed by atoms with Crippen LogP contribution in [0.5, 0.6) is 0 Å². The van der Waals surface area contributed by atoms with Gasteiger partial charge in [-0.05, 0) is 25.8 Å². The van der Waals surface area contributed by atoms with Crippen LogP contribution >= 0.6 is 24.0 Å². The van der Waals surface area contributed by atoms with Crippen LogP contribution in [-0.2, 0) is 16.0 Å². The molecular weight excluding hydrogens is 433 g/mol. The zero-order valence-corrected chi connectivity index (χ0v) is 17.7. The molecule has 0 spiro atoms. The van der Waals surface area contributed by atoms with Crippen LogP contribution in [0, 0.1) is 5.92 Å². The first-order valence-electron chi connectivity index (χ1n) is 8.90. The normalized spacial score (nSPS) is 17.6. The molecule has 1 aliphatic heterocycles. The number of ether oxygens (including phenoxy) is 2. The van der Waals surface area contributed by atoms with E-state index in [-0.39, 0.29) is 24.0 Å². The van der Waals surface area contributed by atoms with E-state index in [9.17, 15) is 0 Å². The van der Waals surface area contributed by atoms with Crippen molar-refractivity contribution in [1.82, 2.24) is 20.0 Å². The van der Waals surface area contributed by atoms with Gasteiger partial charge in [0.15, 0.2) is 5.96 Å². The summed E-state index contributed by atoms with van der Waals surface area (Å²) in [7, 11) is 1.70. The topological polar surface area (TPSA) is 63.9 Å². The Morgan fingerprint density at radius 1 is 1.40 bits per heavy atom. The van der Waals surface area contributed by atoms with Crippen LogP contribution < -0.4 is 5.32 Å². The van der Waals surface area contributed by atoms with E-state index in [4.69, 9.17) is 14.5 Å². The summed E-state index contributed by atoms with van der Waals surface area (Å²) >= 11 is 0. The lowest BCUT2D eigenvalue weighted by Crippen LogP contribution is -2.40. The molecule has 1 unspecified atom stereocenters. The predicted molar refractivity (Wildman–Crippen MR) is 111 cm³/mol. The van der Waals surface area contributed by atoms with Gasteiger partial charge >= 0.3 is 0 Å². The van der Waals surface area contributed by atoms with Crippen molar-refractivity contribution < 1.29 is 9.47 Å². The summed E-state index contributed by atoms with van der Waals surface area (Å²) in [5.41, 5.74) is 0. The van der Waals surface area contributed by atoms with Gasteiger partial charge in [0.2, 0.25) is 0 Å². The first kappa shape index (κ1) is 22.2. The van der Waals surface area contributed by atoms with Crippen LogP contribution in [0.4, 0.5) is 0 Å². The van der Waals surface area contributed by atoms with Crippen molar-refractivity contribution in [1.29, 1.82) is 0 Å². The van der Waals surface area contributed by atoms with E-state index >= 15 is 0 Å². The molecule has 1 aliphatic rings. The molecule has 1 atom stereocenters. The lowest BCUT2D eigenvalue weighted by molar-refractivity contribution is 0.0536. The quantitative estimate of drug-likeness (QED) is 0.247. The second kappa shape index (κ2) is 13.3. The molecule has 7 nitrogen and oxygen atoms in total. The highest BCUT2D eigenvalue weighted by Gasteiger charge is 2.24. The molecule has 2 rings (SSSR count). The molecular formula is C17H32IN5O2. The molecule has 0 aliphatic carbocycles. The lowest BCUT2D eigenvalue weighted by Gasteiger charge is -2.21. The zero-order valence-electron chi connectivity index (χ0n) is 15.4. The molecule has 1 aromatic heterocycles. The molecule has 144 valence electrons. The number of aryl methyl sites for hydroxylation is 1. The van der Waals surface area contributed by atoms with Gasteiger partial charge in [-0.1, -0.05) is 0 Å². The maximum Gasteiger partial charge on any atom is 0.193 e. The van der Waals surface area contributed by atoms with Crippen LogP contribution in [0.15, 0.2) is 23.5 Å². The molecule has 2 heterocycles. The smallest absolute Gasteiger partial charge is 0.193 e. The van der Waals surface area contributed by atoms with Crippen molar-refractivity contribution >= 4 is 29.9 Å². The van der Waals surface area contributed by atoms with Gasteiger partial charge < -0.3 is 19.7 Å². The highest BCUT2D eigenvalue weighted by Crippen LogP contribution is 2.16. The SMILES string of the molecule is CCNC(=NCCCn1cccn1)N1CCC(COCCOC)C1.I. The van der Waals surface area contributed by atoms with E-state index in [1.54, 1.807) is 7.11 Å². The van der Waals surface area contributed by atoms with Crippen LogP contribution in [0.3, 0.4) is 0 Å². The molecule has 0 radical (unpaired) electrons. The van der Waals surface area contributed by atoms with Gasteiger partial charge in [0.1, 0.15) is 0 Å². The monoisotopic (exact) mass is 465 g/mol. The largest absolute Gasteiger partial charge is 0.382 e. The number of nitrogens with one attached hydrogen (secondary N) is 1. The van der Waals surface area contributed by atoms with Gasteiger partial charge in [-0.2, -0.15) is 5.10 Å². The Morgan fingerprint density at radius 3 is 3.00 bits per heavy atom. The molecule has 1 aromatic rings. The maximum atomic E-state index is 5.66. The van der Waals surface area contributed by atoms with Crippen molar-refractivity contribution in [3.63, 3.8) is 0 Å². The van der Waals surface area contributed by atoms with Crippen molar-refractivity contribution in [3.8, 4) is 0 Å². The molecule has 8 heteroatoms. The molecule has 1 saturated heterocycles. The Labute approximate surface area is 168 Å². The third-order valence-electron chi connectivity index (χ3n) is 4.07. The average molecular weight is 465 g/mol. The summed E-state index contributed by atoms with van der Waals surface area (Å²) in [6.07, 6.45) is 5.95. The van der Waals surface area contributed by atoms with Gasteiger partial charge in [-0.3, -0.25) is 9.67 Å². The Kier molecular flexibility index (Phi) is 11.8. The number of methoxy groups -OCH3 is 1. The summed E-state index contributed by atoms with van der Waals surface area (Å²) in [5.74, 6) is 1.60. The fourth-order valence-electron chi connectivity index (χ4n) is 2.83. The first-order valence-corrected chi connectivity index (χ1v) is 8.90. The second-order valence-corrected chi connectivity index (χ2v) is 6.03. The third kappa shape index (κ3) is 8.37. The standard InChI is InChI=1S/C17H31N5O2.HI/c1-3-18-17(19-7-4-9-22-10-5-8-20-22)21-11-6-16(14-21)15-24-13-12-23-2;/h5,8,10,16H,3-4,6-7,9,11-15H2,1-2H3,(H,18,19);1H. The summed E-state index contributed by atoms with van der Waals surface area (Å²) in [6, 6.07) is 1.95. The molecule has 0 saturated carbocycles. The molecule has 1 fully saturated rings. The van der Waals surface area contributed by atoms with Crippen molar-refractivity contribution in [2.45, 2.75) is 26.3 Å². The average Bonchev–Trinajstić information content (AvgIpc) is 3.26. The Bertz CT molecular complexity index is 470. The highest BCUT2D eigenvalue weighted by molar-refractivity contribution is 14.0. The van der Waals surface area contributed by atoms with E-state index in [0.717, 1.165) is 58.1 Å². The summed E-state index contributed by atoms with van der Waals surface area (Å²) in [5, 5.41) is 7.63. The minimum absolute atomic E-state index is 0. The molecule has 0 bridgehead atoms. The number of hydrogen-bond acceptors (Lipinski definition) is 4. The number of guanidine groups is 1. The van der Waals surface area contributed by atoms with Gasteiger partial charge in [0.05, 0.1) is 19.8 Å². The summed E-state index contributed by atoms with van der Waals surface area (Å²) in [6.45, 7) is 8.93. The fourth-order valence-corrected chi connectivity index (χ4v) is 2.83. The number of likely N-dealkylation sites (tertiary alicyclic amines) is 1. The number of hydrogen-bond donors (Lipinski definition) is 1. The fraction of sp³-hybridized carbons (Fsp3) is 0.765. The maximum absolute atomic E-state index is 5.66. The second-order valence-electron chi connectivity index (χ2n) is 6.03. The molecule has 0 amide bonds. The zero-order chi connectivity index (χ0) is 17.0. The van der Waals surface area contributed by atoms with E-state index in [0.29, 0.717) is 19.1 Å². The van der Waals surface area contributed by atoms with Gasteiger partial charge in [-0.15, -0.1) is 24.0 Å². The van der Waals surface area contributed by atoms with E-state index in [1.807, 2.05) is 23.1 Å². The number of aliphatic imine (C=N–C) groups is 1. The predicted octanol–water partition coefficient (Wildman–Crippen LogP) is 1.84. The number of aromatic nitrogens is 2. The van der Waals surface area contributed by atoms with E-state index in [2.05, 4.69) is 22.2 Å². The summed E-state index contributed by atoms with van der Waals surface area (Å²) in [4.78, 5) is 7.12. The lowest BCUT2D eigenvalue weighted by atomic mass is 10.1. The minimum atomic E-state index is 0. The van der Waals surface area contributed by atoms with E-state index in [1.165, 1.54) is 0 Å². The van der Waals surface area contributed by atoms with Crippen LogP contribution in [-0.4, -0.2) is 73.7 Å². The molecule has 1 N–H and O–H groups in total. The molecule has 25 heavy (non-hydrogen) atoms. The van der Waals surface area contributed by atoms with Gasteiger partial charge in [0, 0.05) is 58.1 Å². The Morgan fingerprint density at radius 2 is 2.28 bits per heavy atom. The van der Waals surface area contributed by atoms with Crippen molar-refractivity contribution in [2.24, 2.45) is 10.9 Å². The van der Waals surface area contributed by atoms with Gasteiger partial charge in [0.25, 0.3) is 0 Å². The summed E-state index contributed by atoms with van der Waals surface area (Å²) < 4.78 is 12.6. The first-order chi connectivity index (χ1) is 11.8. The Hall–Kier alpha value is -0.870. The number of nitrogens with zero attached hydrogens (tertiary/aromatic N) is 4. The number of halogens is 1. The van der Waals surface area contributed by atoms with Crippen LogP contribution in [0.1, 0.15) is 19.8 Å². The highest BCUT2D eigenvalue weighted by atomic mass is 127. The van der Waals surface area contributed by atoms with Crippen molar-refractivity contribution in [2.75, 3.05) is 53.1 Å². The van der Waals surface area contributed by atoms with Crippen molar-refractivity contribution in [3.05, 3.63) is 18.5 Å². The minimum Gasteiger partial charge on any atom is -0.382 e. The number of rotatable bonds is 10. The van der Waals surface area contributed by atoms with Gasteiger partial charge in [-0.25, -0.2) is 0 Å². The molecule has 0 aromatic carbocycles. The van der Waals surface area contributed by atoms with E-state index < -0.39 is 0 Å².